The van der Waals surface area contributed by atoms with Crippen molar-refractivity contribution in [2.24, 2.45) is 0 Å². The third kappa shape index (κ3) is 38.1. The van der Waals surface area contributed by atoms with Crippen molar-refractivity contribution in [3.63, 3.8) is 0 Å². The maximum absolute atomic E-state index is 12.5. The highest BCUT2D eigenvalue weighted by Crippen LogP contribution is 2.15. The molecule has 0 heterocycles. The minimum absolute atomic E-state index is 0.284. The van der Waals surface area contributed by atoms with Crippen molar-refractivity contribution in [2.75, 3.05) is 5.75 Å². The SMILES string of the molecule is CCCCCCCCCCCC/C=C/CC/C=C/C(O)C(CS(=O)(=O)O)NC(=O)CCCCCCCCCCCCCCCCCCCCC. The van der Waals surface area contributed by atoms with E-state index in [1.54, 1.807) is 0 Å². The van der Waals surface area contributed by atoms with Gasteiger partial charge in [0, 0.05) is 6.42 Å². The minimum Gasteiger partial charge on any atom is -0.387 e. The zero-order valence-corrected chi connectivity index (χ0v) is 33.8. The van der Waals surface area contributed by atoms with Crippen LogP contribution in [-0.4, -0.2) is 41.9 Å². The first kappa shape index (κ1) is 48.8. The van der Waals surface area contributed by atoms with Gasteiger partial charge in [-0.1, -0.05) is 212 Å². The van der Waals surface area contributed by atoms with Crippen molar-refractivity contribution in [3.8, 4) is 0 Å². The number of carbonyl (C=O) groups excluding carboxylic acids is 1. The number of unbranched alkanes of at least 4 members (excludes halogenated alkanes) is 29. The van der Waals surface area contributed by atoms with E-state index < -0.39 is 28.0 Å². The molecule has 3 N–H and O–H groups in total. The molecule has 0 aromatic carbocycles. The number of carbonyl (C=O) groups is 1. The highest BCUT2D eigenvalue weighted by molar-refractivity contribution is 7.85. The fourth-order valence-electron chi connectivity index (χ4n) is 6.64. The lowest BCUT2D eigenvalue weighted by molar-refractivity contribution is -0.122. The van der Waals surface area contributed by atoms with Crippen LogP contribution in [0.3, 0.4) is 0 Å². The third-order valence-corrected chi connectivity index (χ3v) is 10.7. The molecule has 2 atom stereocenters. The number of aliphatic hydroxyl groups is 1. The topological polar surface area (TPSA) is 104 Å². The Morgan fingerprint density at radius 1 is 0.520 bits per heavy atom. The minimum atomic E-state index is -4.35. The Bertz CT molecular complexity index is 888. The lowest BCUT2D eigenvalue weighted by Gasteiger charge is -2.21. The number of allylic oxidation sites excluding steroid dienone is 3. The van der Waals surface area contributed by atoms with Gasteiger partial charge in [-0.3, -0.25) is 9.35 Å². The molecular weight excluding hydrogens is 643 g/mol. The number of hydrogen-bond acceptors (Lipinski definition) is 4. The molecule has 0 radical (unpaired) electrons. The first-order valence-corrected chi connectivity index (χ1v) is 23.1. The molecule has 2 unspecified atom stereocenters. The summed E-state index contributed by atoms with van der Waals surface area (Å²) in [5.74, 6) is -0.990. The molecule has 0 fully saturated rings. The van der Waals surface area contributed by atoms with E-state index >= 15 is 0 Å². The fourth-order valence-corrected chi connectivity index (χ4v) is 7.38. The molecule has 0 saturated carbocycles. The number of amides is 1. The number of aliphatic hydroxyl groups excluding tert-OH is 1. The average molecular weight is 726 g/mol. The van der Waals surface area contributed by atoms with Gasteiger partial charge in [-0.2, -0.15) is 8.42 Å². The van der Waals surface area contributed by atoms with Gasteiger partial charge in [0.2, 0.25) is 5.91 Å². The molecule has 0 rings (SSSR count). The van der Waals surface area contributed by atoms with Gasteiger partial charge >= 0.3 is 0 Å². The van der Waals surface area contributed by atoms with Crippen LogP contribution in [0.2, 0.25) is 0 Å². The van der Waals surface area contributed by atoms with Crippen LogP contribution in [0.25, 0.3) is 0 Å². The predicted molar refractivity (Wildman–Crippen MR) is 216 cm³/mol. The van der Waals surface area contributed by atoms with E-state index in [1.807, 2.05) is 6.08 Å². The van der Waals surface area contributed by atoms with Crippen molar-refractivity contribution in [1.29, 1.82) is 0 Å². The summed E-state index contributed by atoms with van der Waals surface area (Å²) >= 11 is 0. The van der Waals surface area contributed by atoms with Crippen LogP contribution in [0.5, 0.6) is 0 Å². The van der Waals surface area contributed by atoms with Gasteiger partial charge < -0.3 is 10.4 Å². The highest BCUT2D eigenvalue weighted by atomic mass is 32.2. The van der Waals surface area contributed by atoms with Crippen LogP contribution in [0.15, 0.2) is 24.3 Å². The van der Waals surface area contributed by atoms with Crippen LogP contribution in [0.1, 0.15) is 226 Å². The largest absolute Gasteiger partial charge is 0.387 e. The van der Waals surface area contributed by atoms with E-state index in [0.717, 1.165) is 38.5 Å². The highest BCUT2D eigenvalue weighted by Gasteiger charge is 2.24. The van der Waals surface area contributed by atoms with E-state index in [2.05, 4.69) is 31.3 Å². The van der Waals surface area contributed by atoms with Crippen molar-refractivity contribution >= 4 is 16.0 Å². The van der Waals surface area contributed by atoms with Crippen LogP contribution in [0, 0.1) is 0 Å². The molecule has 1 amide bonds. The number of rotatable bonds is 39. The van der Waals surface area contributed by atoms with Gasteiger partial charge in [0.1, 0.15) is 0 Å². The summed E-state index contributed by atoms with van der Waals surface area (Å²) < 4.78 is 32.5. The molecule has 7 heteroatoms. The van der Waals surface area contributed by atoms with Crippen molar-refractivity contribution in [3.05, 3.63) is 24.3 Å². The lowest BCUT2D eigenvalue weighted by atomic mass is 10.0. The third-order valence-electron chi connectivity index (χ3n) is 9.88. The summed E-state index contributed by atoms with van der Waals surface area (Å²) in [6.07, 6.45) is 47.4. The van der Waals surface area contributed by atoms with Crippen LogP contribution < -0.4 is 5.32 Å². The Morgan fingerprint density at radius 2 is 0.860 bits per heavy atom. The second kappa shape index (κ2) is 37.6. The molecule has 0 aliphatic rings. The monoisotopic (exact) mass is 726 g/mol. The second-order valence-corrected chi connectivity index (χ2v) is 16.5. The lowest BCUT2D eigenvalue weighted by Crippen LogP contribution is -2.46. The number of hydrogen-bond donors (Lipinski definition) is 3. The molecule has 0 saturated heterocycles. The summed E-state index contributed by atoms with van der Waals surface area (Å²) in [5.41, 5.74) is 0. The maximum atomic E-state index is 12.5. The summed E-state index contributed by atoms with van der Waals surface area (Å²) in [6, 6.07) is -1.07. The Balaban J connectivity index is 3.89. The smallest absolute Gasteiger partial charge is 0.267 e. The summed E-state index contributed by atoms with van der Waals surface area (Å²) in [7, 11) is -4.35. The van der Waals surface area contributed by atoms with Crippen molar-refractivity contribution in [2.45, 2.75) is 238 Å². The summed E-state index contributed by atoms with van der Waals surface area (Å²) in [6.45, 7) is 4.53. The maximum Gasteiger partial charge on any atom is 0.267 e. The summed E-state index contributed by atoms with van der Waals surface area (Å²) in [5, 5.41) is 13.2. The normalized spacial score (nSPS) is 13.4. The predicted octanol–water partition coefficient (Wildman–Crippen LogP) is 12.7. The Kier molecular flexibility index (Phi) is 36.7. The first-order valence-electron chi connectivity index (χ1n) is 21.5. The molecule has 0 aromatic heterocycles. The van der Waals surface area contributed by atoms with E-state index in [4.69, 9.17) is 0 Å². The van der Waals surface area contributed by atoms with Gasteiger partial charge in [-0.25, -0.2) is 0 Å². The Morgan fingerprint density at radius 3 is 1.26 bits per heavy atom. The van der Waals surface area contributed by atoms with Crippen molar-refractivity contribution < 1.29 is 22.9 Å². The molecule has 0 aliphatic carbocycles. The molecule has 0 aromatic rings. The van der Waals surface area contributed by atoms with Gasteiger partial charge in [-0.05, 0) is 32.1 Å². The fraction of sp³-hybridized carbons (Fsp3) is 0.884. The van der Waals surface area contributed by atoms with Crippen LogP contribution >= 0.6 is 0 Å². The molecule has 296 valence electrons. The standard InChI is InChI=1S/C43H83NO5S/c1-3-5-7-9-11-13-15-17-19-21-22-23-25-27-29-31-33-35-37-39-43(46)44-41(40-50(47,48)49)42(45)38-36-34-32-30-28-26-24-20-18-16-14-12-10-8-6-4-2/h28,30,36,38,41-42,45H,3-27,29,31-35,37,39-40H2,1-2H3,(H,44,46)(H,47,48,49)/b30-28+,38-36+. The van der Waals surface area contributed by atoms with Gasteiger partial charge in [-0.15, -0.1) is 0 Å². The summed E-state index contributed by atoms with van der Waals surface area (Å²) in [4.78, 5) is 12.5. The molecule has 0 bridgehead atoms. The van der Waals surface area contributed by atoms with Crippen LogP contribution in [0.4, 0.5) is 0 Å². The number of nitrogens with one attached hydrogen (secondary N) is 1. The van der Waals surface area contributed by atoms with Gasteiger partial charge in [0.15, 0.2) is 0 Å². The van der Waals surface area contributed by atoms with E-state index in [-0.39, 0.29) is 5.91 Å². The first-order chi connectivity index (χ1) is 24.3. The molecule has 50 heavy (non-hydrogen) atoms. The van der Waals surface area contributed by atoms with Gasteiger partial charge in [0.25, 0.3) is 10.1 Å². The molecule has 6 nitrogen and oxygen atoms in total. The average Bonchev–Trinajstić information content (AvgIpc) is 3.08. The van der Waals surface area contributed by atoms with Crippen LogP contribution in [-0.2, 0) is 14.9 Å². The van der Waals surface area contributed by atoms with E-state index in [1.165, 1.54) is 173 Å². The van der Waals surface area contributed by atoms with Crippen molar-refractivity contribution in [1.82, 2.24) is 5.32 Å². The van der Waals surface area contributed by atoms with Gasteiger partial charge in [0.05, 0.1) is 17.9 Å². The second-order valence-electron chi connectivity index (χ2n) is 15.0. The molecular formula is C43H83NO5S. The zero-order chi connectivity index (χ0) is 36.8. The van der Waals surface area contributed by atoms with E-state index in [9.17, 15) is 22.9 Å². The Hall–Kier alpha value is -1.18. The Labute approximate surface area is 311 Å². The molecule has 0 spiro atoms. The zero-order valence-electron chi connectivity index (χ0n) is 33.0. The van der Waals surface area contributed by atoms with E-state index in [0.29, 0.717) is 6.42 Å². The quantitative estimate of drug-likeness (QED) is 0.0332. The molecule has 0 aliphatic heterocycles.